The van der Waals surface area contributed by atoms with Crippen LogP contribution in [0.3, 0.4) is 0 Å². The van der Waals surface area contributed by atoms with Crippen molar-refractivity contribution in [2.45, 2.75) is 6.10 Å². The third-order valence-corrected chi connectivity index (χ3v) is 2.20. The lowest BCUT2D eigenvalue weighted by atomic mass is 10.3. The third kappa shape index (κ3) is 3.42. The summed E-state index contributed by atoms with van der Waals surface area (Å²) in [4.78, 5) is 45.2. The number of aliphatic hydroxyl groups excluding tert-OH is 1. The Morgan fingerprint density at radius 1 is 1.56 bits per heavy atom. The third-order valence-electron chi connectivity index (χ3n) is 2.20. The number of hydrogen-bond acceptors (Lipinski definition) is 6. The predicted octanol–water partition coefficient (Wildman–Crippen LogP) is -2.81. The normalized spacial score (nSPS) is 16.2. The topological polar surface area (TPSA) is 125 Å². The lowest BCUT2D eigenvalue weighted by molar-refractivity contribution is -0.150. The van der Waals surface area contributed by atoms with Gasteiger partial charge in [-0.1, -0.05) is 0 Å². The molecule has 1 rings (SSSR count). The summed E-state index contributed by atoms with van der Waals surface area (Å²) in [6.07, 6.45) is -1.48. The van der Waals surface area contributed by atoms with Crippen molar-refractivity contribution in [3.05, 3.63) is 0 Å². The van der Waals surface area contributed by atoms with E-state index in [0.717, 1.165) is 12.0 Å². The van der Waals surface area contributed by atoms with E-state index in [-0.39, 0.29) is 13.1 Å². The Labute approximate surface area is 102 Å². The average Bonchev–Trinajstić information content (AvgIpc) is 2.66. The maximum Gasteiger partial charge on any atom is 0.336 e. The Bertz CT molecular complexity index is 366. The highest BCUT2D eigenvalue weighted by atomic mass is 16.5. The number of rotatable bonds is 5. The van der Waals surface area contributed by atoms with Gasteiger partial charge in [0.15, 0.2) is 6.10 Å². The van der Waals surface area contributed by atoms with Crippen LogP contribution in [0.15, 0.2) is 0 Å². The second-order valence-corrected chi connectivity index (χ2v) is 3.48. The molecule has 1 heterocycles. The van der Waals surface area contributed by atoms with Crippen molar-refractivity contribution in [2.75, 3.05) is 26.7 Å². The van der Waals surface area contributed by atoms with Gasteiger partial charge in [0.1, 0.15) is 6.54 Å². The molecule has 9 nitrogen and oxygen atoms in total. The van der Waals surface area contributed by atoms with E-state index in [1.54, 1.807) is 0 Å². The summed E-state index contributed by atoms with van der Waals surface area (Å²) in [5.41, 5.74) is 0. The van der Waals surface area contributed by atoms with Crippen LogP contribution >= 0.6 is 0 Å². The first-order valence-corrected chi connectivity index (χ1v) is 5.06. The van der Waals surface area contributed by atoms with E-state index in [4.69, 9.17) is 0 Å². The van der Waals surface area contributed by atoms with E-state index in [2.05, 4.69) is 15.4 Å². The average molecular weight is 259 g/mol. The Morgan fingerprint density at radius 3 is 2.72 bits per heavy atom. The van der Waals surface area contributed by atoms with Gasteiger partial charge in [0.2, 0.25) is 5.91 Å². The van der Waals surface area contributed by atoms with Gasteiger partial charge in [0, 0.05) is 0 Å². The summed E-state index contributed by atoms with van der Waals surface area (Å²) >= 11 is 0. The molecule has 0 bridgehead atoms. The standard InChI is InChI=1S/C9H13N3O6/c1-18-8(16)5(13)2-10-6(14)4-12-7(15)3-11-9(12)17/h5,13H,2-4H2,1H3,(H,10,14)(H,11,17). The SMILES string of the molecule is COC(=O)C(O)CNC(=O)CN1C(=O)CNC1=O. The van der Waals surface area contributed by atoms with Crippen molar-refractivity contribution < 1.29 is 29.0 Å². The molecule has 0 aromatic heterocycles. The van der Waals surface area contributed by atoms with Gasteiger partial charge in [-0.15, -0.1) is 0 Å². The second-order valence-electron chi connectivity index (χ2n) is 3.48. The summed E-state index contributed by atoms with van der Waals surface area (Å²) in [6.45, 7) is -0.954. The fourth-order valence-electron chi connectivity index (χ4n) is 1.24. The molecule has 3 N–H and O–H groups in total. The minimum atomic E-state index is -1.48. The number of amides is 4. The molecule has 1 atom stereocenters. The zero-order valence-corrected chi connectivity index (χ0v) is 9.63. The molecule has 4 amide bonds. The van der Waals surface area contributed by atoms with Crippen LogP contribution in [0.25, 0.3) is 0 Å². The Balaban J connectivity index is 2.36. The molecule has 0 radical (unpaired) electrons. The van der Waals surface area contributed by atoms with Gasteiger partial charge in [-0.3, -0.25) is 14.5 Å². The zero-order valence-electron chi connectivity index (χ0n) is 9.63. The molecule has 18 heavy (non-hydrogen) atoms. The summed E-state index contributed by atoms with van der Waals surface area (Å²) in [6, 6.07) is -0.649. The van der Waals surface area contributed by atoms with Crippen molar-refractivity contribution in [3.8, 4) is 0 Å². The molecule has 0 saturated carbocycles. The van der Waals surface area contributed by atoms with Gasteiger partial charge in [0.25, 0.3) is 5.91 Å². The summed E-state index contributed by atoms with van der Waals surface area (Å²) in [7, 11) is 1.10. The smallest absolute Gasteiger partial charge is 0.336 e. The molecule has 1 fully saturated rings. The van der Waals surface area contributed by atoms with Gasteiger partial charge in [0.05, 0.1) is 20.2 Å². The van der Waals surface area contributed by atoms with Crippen LogP contribution < -0.4 is 10.6 Å². The van der Waals surface area contributed by atoms with Crippen LogP contribution in [-0.2, 0) is 19.1 Å². The lowest BCUT2D eigenvalue weighted by Gasteiger charge is -2.13. The molecule has 1 aliphatic heterocycles. The van der Waals surface area contributed by atoms with Crippen molar-refractivity contribution in [2.24, 2.45) is 0 Å². The second kappa shape index (κ2) is 5.96. The molecule has 1 aliphatic rings. The van der Waals surface area contributed by atoms with Crippen LogP contribution in [0.1, 0.15) is 0 Å². The van der Waals surface area contributed by atoms with Crippen LogP contribution in [-0.4, -0.2) is 66.7 Å². The van der Waals surface area contributed by atoms with E-state index >= 15 is 0 Å². The Morgan fingerprint density at radius 2 is 2.22 bits per heavy atom. The first-order chi connectivity index (χ1) is 8.45. The van der Waals surface area contributed by atoms with Crippen molar-refractivity contribution in [3.63, 3.8) is 0 Å². The summed E-state index contributed by atoms with van der Waals surface area (Å²) < 4.78 is 4.24. The molecular formula is C9H13N3O6. The van der Waals surface area contributed by atoms with Crippen molar-refractivity contribution in [1.82, 2.24) is 15.5 Å². The van der Waals surface area contributed by atoms with E-state index in [1.165, 1.54) is 0 Å². The number of esters is 1. The number of aliphatic hydroxyl groups is 1. The molecule has 9 heteroatoms. The van der Waals surface area contributed by atoms with E-state index in [9.17, 15) is 24.3 Å². The molecule has 100 valence electrons. The number of carbonyl (C=O) groups is 4. The number of imide groups is 1. The Hall–Kier alpha value is -2.16. The van der Waals surface area contributed by atoms with Gasteiger partial charge in [-0.05, 0) is 0 Å². The molecular weight excluding hydrogens is 246 g/mol. The Kier molecular flexibility index (Phi) is 4.60. The number of methoxy groups -OCH3 is 1. The largest absolute Gasteiger partial charge is 0.467 e. The van der Waals surface area contributed by atoms with E-state index < -0.39 is 36.5 Å². The van der Waals surface area contributed by atoms with E-state index in [0.29, 0.717) is 0 Å². The number of carbonyl (C=O) groups excluding carboxylic acids is 4. The minimum absolute atomic E-state index is 0.142. The van der Waals surface area contributed by atoms with Gasteiger partial charge in [-0.2, -0.15) is 0 Å². The van der Waals surface area contributed by atoms with Gasteiger partial charge >= 0.3 is 12.0 Å². The van der Waals surface area contributed by atoms with Crippen LogP contribution in [0.5, 0.6) is 0 Å². The number of hydrogen-bond donors (Lipinski definition) is 3. The van der Waals surface area contributed by atoms with Gasteiger partial charge in [-0.25, -0.2) is 9.59 Å². The van der Waals surface area contributed by atoms with Gasteiger partial charge < -0.3 is 20.5 Å². The lowest BCUT2D eigenvalue weighted by Crippen LogP contribution is -2.44. The van der Waals surface area contributed by atoms with E-state index in [1.807, 2.05) is 0 Å². The molecule has 1 saturated heterocycles. The number of nitrogens with one attached hydrogen (secondary N) is 2. The number of nitrogens with zero attached hydrogens (tertiary/aromatic N) is 1. The quantitative estimate of drug-likeness (QED) is 0.361. The highest BCUT2D eigenvalue weighted by molar-refractivity contribution is 6.04. The monoisotopic (exact) mass is 259 g/mol. The molecule has 0 aromatic carbocycles. The highest BCUT2D eigenvalue weighted by Gasteiger charge is 2.30. The van der Waals surface area contributed by atoms with Crippen molar-refractivity contribution in [1.29, 1.82) is 0 Å². The first kappa shape index (κ1) is 13.9. The summed E-state index contributed by atoms with van der Waals surface area (Å²) in [5, 5.41) is 13.6. The van der Waals surface area contributed by atoms with Crippen LogP contribution in [0, 0.1) is 0 Å². The van der Waals surface area contributed by atoms with Crippen LogP contribution in [0.2, 0.25) is 0 Å². The molecule has 0 spiro atoms. The van der Waals surface area contributed by atoms with Crippen molar-refractivity contribution >= 4 is 23.8 Å². The summed E-state index contributed by atoms with van der Waals surface area (Å²) in [5.74, 6) is -2.06. The molecule has 1 unspecified atom stereocenters. The zero-order chi connectivity index (χ0) is 13.7. The highest BCUT2D eigenvalue weighted by Crippen LogP contribution is 1.97. The maximum absolute atomic E-state index is 11.4. The fourth-order valence-corrected chi connectivity index (χ4v) is 1.24. The first-order valence-electron chi connectivity index (χ1n) is 5.06. The number of urea groups is 1. The predicted molar refractivity (Wildman–Crippen MR) is 56.1 cm³/mol. The molecule has 0 aromatic rings. The number of ether oxygens (including phenoxy) is 1. The maximum atomic E-state index is 11.4. The fraction of sp³-hybridized carbons (Fsp3) is 0.556. The van der Waals surface area contributed by atoms with Crippen LogP contribution in [0.4, 0.5) is 4.79 Å². The molecule has 0 aliphatic carbocycles. The minimum Gasteiger partial charge on any atom is -0.467 e.